The molecule has 0 saturated carbocycles. The Balaban J connectivity index is 1.71. The lowest BCUT2D eigenvalue weighted by Gasteiger charge is -2.21. The number of rotatable bonds is 6. The highest BCUT2D eigenvalue weighted by atomic mass is 32.2. The molecule has 0 unspecified atom stereocenters. The van der Waals surface area contributed by atoms with Crippen molar-refractivity contribution in [2.75, 3.05) is 7.11 Å². The number of pyridine rings is 1. The average Bonchev–Trinajstić information content (AvgIpc) is 3.40. The van der Waals surface area contributed by atoms with Crippen molar-refractivity contribution in [2.24, 2.45) is 7.05 Å². The van der Waals surface area contributed by atoms with E-state index in [1.54, 1.807) is 57.5 Å². The van der Waals surface area contributed by atoms with Gasteiger partial charge in [0.05, 0.1) is 42.2 Å². The number of ether oxygens (including phenoxy) is 1. The van der Waals surface area contributed by atoms with Crippen LogP contribution in [0, 0.1) is 5.82 Å². The highest BCUT2D eigenvalue weighted by Crippen LogP contribution is 2.34. The SMILES string of the molecule is COc1cc2ncc(-c3cc(C(=O)N[C@H](C)c4ncc(F)cn4)n(C)n3)n2cc1S(=O)(=O)C(C)(C)C. The van der Waals surface area contributed by atoms with Gasteiger partial charge in [0.25, 0.3) is 5.91 Å². The molecule has 0 aliphatic carbocycles. The molecule has 1 N–H and O–H groups in total. The van der Waals surface area contributed by atoms with Gasteiger partial charge in [-0.2, -0.15) is 5.10 Å². The second kappa shape index (κ2) is 8.97. The largest absolute Gasteiger partial charge is 0.495 e. The molecule has 4 rings (SSSR count). The number of aryl methyl sites for hydroxylation is 1. The number of fused-ring (bicyclic) bond motifs is 1. The number of halogens is 1. The Bertz CT molecular complexity index is 1550. The minimum absolute atomic E-state index is 0.0197. The zero-order valence-corrected chi connectivity index (χ0v) is 21.5. The lowest BCUT2D eigenvalue weighted by Crippen LogP contribution is -2.29. The van der Waals surface area contributed by atoms with Crippen LogP contribution in [0.5, 0.6) is 5.75 Å². The van der Waals surface area contributed by atoms with E-state index in [0.29, 0.717) is 17.0 Å². The number of amides is 1. The van der Waals surface area contributed by atoms with Crippen LogP contribution in [-0.2, 0) is 16.9 Å². The summed E-state index contributed by atoms with van der Waals surface area (Å²) in [6.45, 7) is 6.52. The van der Waals surface area contributed by atoms with Crippen LogP contribution in [0.1, 0.15) is 50.0 Å². The van der Waals surface area contributed by atoms with Crippen molar-refractivity contribution < 1.29 is 22.3 Å². The first-order valence-electron chi connectivity index (χ1n) is 11.0. The van der Waals surface area contributed by atoms with E-state index < -0.39 is 32.4 Å². The summed E-state index contributed by atoms with van der Waals surface area (Å²) in [5, 5.41) is 7.20. The molecule has 0 fully saturated rings. The third kappa shape index (κ3) is 4.41. The number of carbonyl (C=O) groups is 1. The second-order valence-corrected chi connectivity index (χ2v) is 11.9. The molecule has 0 bridgehead atoms. The topological polar surface area (TPSA) is 133 Å². The normalized spacial score (nSPS) is 13.1. The number of imidazole rings is 1. The fourth-order valence-corrected chi connectivity index (χ4v) is 4.86. The smallest absolute Gasteiger partial charge is 0.270 e. The van der Waals surface area contributed by atoms with E-state index in [2.05, 4.69) is 25.4 Å². The van der Waals surface area contributed by atoms with Gasteiger partial charge in [-0.15, -0.1) is 0 Å². The standard InChI is InChI=1S/C23H26FN7O4S/c1-13(21-26-9-14(24)10-27-21)28-22(32)16-7-15(29-30(16)5)17-11-25-20-8-18(35-6)19(12-31(17)20)36(33,34)23(2,3)4/h7-13H,1-6H3,(H,28,32)/t13-/m1/s1. The van der Waals surface area contributed by atoms with E-state index in [1.165, 1.54) is 18.0 Å². The summed E-state index contributed by atoms with van der Waals surface area (Å²) < 4.78 is 46.8. The highest BCUT2D eigenvalue weighted by molar-refractivity contribution is 7.92. The van der Waals surface area contributed by atoms with Crippen molar-refractivity contribution in [3.8, 4) is 17.1 Å². The Labute approximate surface area is 207 Å². The second-order valence-electron chi connectivity index (χ2n) is 9.19. The molecule has 4 aromatic heterocycles. The molecule has 0 radical (unpaired) electrons. The fraction of sp³-hybridized carbons (Fsp3) is 0.348. The maximum atomic E-state index is 13.2. The molecule has 13 heteroatoms. The Morgan fingerprint density at radius 1 is 1.14 bits per heavy atom. The summed E-state index contributed by atoms with van der Waals surface area (Å²) in [5.41, 5.74) is 1.59. The number of nitrogens with zero attached hydrogens (tertiary/aromatic N) is 6. The Morgan fingerprint density at radius 3 is 2.42 bits per heavy atom. The van der Waals surface area contributed by atoms with Gasteiger partial charge in [-0.05, 0) is 33.8 Å². The molecule has 36 heavy (non-hydrogen) atoms. The third-order valence-electron chi connectivity index (χ3n) is 5.64. The van der Waals surface area contributed by atoms with Crippen molar-refractivity contribution in [2.45, 2.75) is 43.4 Å². The van der Waals surface area contributed by atoms with Crippen LogP contribution in [-0.4, -0.2) is 55.3 Å². The summed E-state index contributed by atoms with van der Waals surface area (Å²) in [7, 11) is -0.733. The summed E-state index contributed by atoms with van der Waals surface area (Å²) in [6, 6.07) is 2.53. The number of hydrogen-bond acceptors (Lipinski definition) is 8. The third-order valence-corrected chi connectivity index (χ3v) is 8.14. The van der Waals surface area contributed by atoms with Crippen LogP contribution in [0.4, 0.5) is 4.39 Å². The first-order chi connectivity index (χ1) is 16.8. The summed E-state index contributed by atoms with van der Waals surface area (Å²) in [4.78, 5) is 25.1. The van der Waals surface area contributed by atoms with Crippen LogP contribution in [0.3, 0.4) is 0 Å². The molecule has 1 amide bonds. The minimum Gasteiger partial charge on any atom is -0.495 e. The molecule has 4 heterocycles. The molecular formula is C23H26FN7O4S. The van der Waals surface area contributed by atoms with Crippen LogP contribution in [0.25, 0.3) is 17.0 Å². The quantitative estimate of drug-likeness (QED) is 0.414. The molecular weight excluding hydrogens is 489 g/mol. The van der Waals surface area contributed by atoms with Gasteiger partial charge in [0.15, 0.2) is 15.7 Å². The lowest BCUT2D eigenvalue weighted by molar-refractivity contribution is 0.0928. The molecule has 0 saturated heterocycles. The minimum atomic E-state index is -3.75. The van der Waals surface area contributed by atoms with E-state index in [9.17, 15) is 17.6 Å². The van der Waals surface area contributed by atoms with Crippen molar-refractivity contribution in [3.05, 3.63) is 54.3 Å². The predicted octanol–water partition coefficient (Wildman–Crippen LogP) is 2.74. The number of methoxy groups -OCH3 is 1. The lowest BCUT2D eigenvalue weighted by atomic mass is 10.2. The summed E-state index contributed by atoms with van der Waals surface area (Å²) in [6.07, 6.45) is 5.06. The predicted molar refractivity (Wildman–Crippen MR) is 129 cm³/mol. The van der Waals surface area contributed by atoms with Crippen LogP contribution in [0.2, 0.25) is 0 Å². The van der Waals surface area contributed by atoms with Crippen molar-refractivity contribution in [1.29, 1.82) is 0 Å². The van der Waals surface area contributed by atoms with E-state index in [4.69, 9.17) is 4.74 Å². The van der Waals surface area contributed by atoms with Crippen molar-refractivity contribution in [1.82, 2.24) is 34.4 Å². The summed E-state index contributed by atoms with van der Waals surface area (Å²) >= 11 is 0. The van der Waals surface area contributed by atoms with Crippen LogP contribution >= 0.6 is 0 Å². The van der Waals surface area contributed by atoms with Crippen molar-refractivity contribution in [3.63, 3.8) is 0 Å². The van der Waals surface area contributed by atoms with Gasteiger partial charge >= 0.3 is 0 Å². The Hall–Kier alpha value is -3.87. The molecule has 0 aliphatic rings. The first-order valence-corrected chi connectivity index (χ1v) is 12.4. The van der Waals surface area contributed by atoms with Gasteiger partial charge < -0.3 is 10.1 Å². The molecule has 0 aliphatic heterocycles. The molecule has 11 nitrogen and oxygen atoms in total. The number of sulfone groups is 1. The molecule has 190 valence electrons. The van der Waals surface area contributed by atoms with Crippen LogP contribution in [0.15, 0.2) is 41.8 Å². The van der Waals surface area contributed by atoms with E-state index in [-0.39, 0.29) is 22.2 Å². The van der Waals surface area contributed by atoms with E-state index in [1.807, 2.05) is 0 Å². The zero-order chi connectivity index (χ0) is 26.4. The van der Waals surface area contributed by atoms with Crippen LogP contribution < -0.4 is 10.1 Å². The molecule has 1 atom stereocenters. The maximum Gasteiger partial charge on any atom is 0.270 e. The number of aromatic nitrogens is 6. The molecule has 0 spiro atoms. The molecule has 4 aromatic rings. The van der Waals surface area contributed by atoms with E-state index >= 15 is 0 Å². The van der Waals surface area contributed by atoms with Gasteiger partial charge in [-0.1, -0.05) is 0 Å². The number of hydrogen-bond donors (Lipinski definition) is 1. The Kier molecular flexibility index (Phi) is 6.29. The zero-order valence-electron chi connectivity index (χ0n) is 20.6. The Morgan fingerprint density at radius 2 is 1.81 bits per heavy atom. The number of nitrogens with one attached hydrogen (secondary N) is 1. The average molecular weight is 516 g/mol. The van der Waals surface area contributed by atoms with Gasteiger partial charge in [-0.3, -0.25) is 13.9 Å². The molecule has 0 aromatic carbocycles. The van der Waals surface area contributed by atoms with Gasteiger partial charge in [0, 0.05) is 19.3 Å². The number of carbonyl (C=O) groups excluding carboxylic acids is 1. The van der Waals surface area contributed by atoms with Gasteiger partial charge in [0.1, 0.15) is 33.5 Å². The highest BCUT2D eigenvalue weighted by Gasteiger charge is 2.34. The monoisotopic (exact) mass is 515 g/mol. The van der Waals surface area contributed by atoms with Crippen molar-refractivity contribution >= 4 is 21.4 Å². The van der Waals surface area contributed by atoms with Gasteiger partial charge in [-0.25, -0.2) is 27.8 Å². The first kappa shape index (κ1) is 25.2. The van der Waals surface area contributed by atoms with Gasteiger partial charge in [0.2, 0.25) is 0 Å². The maximum absolute atomic E-state index is 13.2. The van der Waals surface area contributed by atoms with E-state index in [0.717, 1.165) is 12.4 Å². The summed E-state index contributed by atoms with van der Waals surface area (Å²) in [5.74, 6) is -0.566. The fourth-order valence-electron chi connectivity index (χ4n) is 3.55.